The summed E-state index contributed by atoms with van der Waals surface area (Å²) in [6, 6.07) is 9.38. The predicted molar refractivity (Wildman–Crippen MR) is 63.2 cm³/mol. The van der Waals surface area contributed by atoms with Gasteiger partial charge in [-0.25, -0.2) is 0 Å². The number of carbonyl (C=O) groups excluding carboxylic acids is 1. The lowest BCUT2D eigenvalue weighted by Gasteiger charge is -2.02. The first kappa shape index (κ1) is 10.6. The van der Waals surface area contributed by atoms with Gasteiger partial charge in [-0.3, -0.25) is 9.36 Å². The van der Waals surface area contributed by atoms with Crippen LogP contribution >= 0.6 is 0 Å². The number of aromatic nitrogens is 1. The summed E-state index contributed by atoms with van der Waals surface area (Å²) in [5.41, 5.74) is 8.29. The SMILES string of the molecule is Cc1ccc(C(=O)n2ccc(CN)c2)cc1. The van der Waals surface area contributed by atoms with E-state index in [9.17, 15) is 4.79 Å². The van der Waals surface area contributed by atoms with Gasteiger partial charge in [0, 0.05) is 24.5 Å². The van der Waals surface area contributed by atoms with Crippen LogP contribution in [0.3, 0.4) is 0 Å². The van der Waals surface area contributed by atoms with Gasteiger partial charge in [0.25, 0.3) is 5.91 Å². The summed E-state index contributed by atoms with van der Waals surface area (Å²) < 4.78 is 1.56. The minimum absolute atomic E-state index is 0.0281. The number of hydrogen-bond acceptors (Lipinski definition) is 2. The molecule has 1 aromatic carbocycles. The van der Waals surface area contributed by atoms with E-state index >= 15 is 0 Å². The summed E-state index contributed by atoms with van der Waals surface area (Å²) in [7, 11) is 0. The van der Waals surface area contributed by atoms with Crippen molar-refractivity contribution in [3.8, 4) is 0 Å². The van der Waals surface area contributed by atoms with Crippen molar-refractivity contribution in [1.82, 2.24) is 4.57 Å². The zero-order chi connectivity index (χ0) is 11.5. The lowest BCUT2D eigenvalue weighted by Crippen LogP contribution is -2.09. The zero-order valence-corrected chi connectivity index (χ0v) is 9.18. The van der Waals surface area contributed by atoms with Gasteiger partial charge in [0.15, 0.2) is 0 Å². The molecule has 1 heterocycles. The monoisotopic (exact) mass is 214 g/mol. The molecule has 2 rings (SSSR count). The van der Waals surface area contributed by atoms with Crippen LogP contribution in [-0.4, -0.2) is 10.5 Å². The Kier molecular flexibility index (Phi) is 2.88. The summed E-state index contributed by atoms with van der Waals surface area (Å²) in [6.07, 6.45) is 3.51. The third-order valence-electron chi connectivity index (χ3n) is 2.52. The summed E-state index contributed by atoms with van der Waals surface area (Å²) in [5, 5.41) is 0. The molecule has 3 heteroatoms. The molecule has 0 radical (unpaired) electrons. The van der Waals surface area contributed by atoms with Crippen LogP contribution in [0.2, 0.25) is 0 Å². The Morgan fingerprint density at radius 2 is 1.94 bits per heavy atom. The third kappa shape index (κ3) is 2.04. The van der Waals surface area contributed by atoms with Gasteiger partial charge in [-0.2, -0.15) is 0 Å². The van der Waals surface area contributed by atoms with Gasteiger partial charge < -0.3 is 5.73 Å². The van der Waals surface area contributed by atoms with E-state index in [1.165, 1.54) is 0 Å². The average Bonchev–Trinajstić information content (AvgIpc) is 2.77. The first-order chi connectivity index (χ1) is 7.70. The first-order valence-corrected chi connectivity index (χ1v) is 5.19. The van der Waals surface area contributed by atoms with Crippen LogP contribution in [0, 0.1) is 6.92 Å². The Bertz CT molecular complexity index is 497. The number of aryl methyl sites for hydroxylation is 1. The Balaban J connectivity index is 2.28. The van der Waals surface area contributed by atoms with Gasteiger partial charge in [0.1, 0.15) is 0 Å². The highest BCUT2D eigenvalue weighted by molar-refractivity contribution is 5.96. The lowest BCUT2D eigenvalue weighted by molar-refractivity contribution is 0.0960. The number of benzene rings is 1. The first-order valence-electron chi connectivity index (χ1n) is 5.19. The Labute approximate surface area is 94.5 Å². The number of carbonyl (C=O) groups is 1. The van der Waals surface area contributed by atoms with Crippen LogP contribution in [0.15, 0.2) is 42.7 Å². The Morgan fingerprint density at radius 3 is 2.50 bits per heavy atom. The molecule has 0 saturated heterocycles. The lowest BCUT2D eigenvalue weighted by atomic mass is 10.1. The van der Waals surface area contributed by atoms with Gasteiger partial charge in [-0.05, 0) is 30.7 Å². The number of hydrogen-bond donors (Lipinski definition) is 1. The third-order valence-corrected chi connectivity index (χ3v) is 2.52. The van der Waals surface area contributed by atoms with Crippen molar-refractivity contribution in [3.63, 3.8) is 0 Å². The normalized spacial score (nSPS) is 10.4. The van der Waals surface area contributed by atoms with Crippen molar-refractivity contribution in [3.05, 3.63) is 59.4 Å². The smallest absolute Gasteiger partial charge is 0.261 e. The van der Waals surface area contributed by atoms with E-state index in [2.05, 4.69) is 0 Å². The van der Waals surface area contributed by atoms with Crippen molar-refractivity contribution in [1.29, 1.82) is 0 Å². The van der Waals surface area contributed by atoms with Crippen LogP contribution in [0.25, 0.3) is 0 Å². The summed E-state index contributed by atoms with van der Waals surface area (Å²) >= 11 is 0. The van der Waals surface area contributed by atoms with E-state index in [0.29, 0.717) is 12.1 Å². The van der Waals surface area contributed by atoms with Gasteiger partial charge in [-0.1, -0.05) is 17.7 Å². The second kappa shape index (κ2) is 4.33. The highest BCUT2D eigenvalue weighted by Gasteiger charge is 2.07. The van der Waals surface area contributed by atoms with Crippen molar-refractivity contribution >= 4 is 5.91 Å². The molecule has 82 valence electrons. The van der Waals surface area contributed by atoms with E-state index in [4.69, 9.17) is 5.73 Å². The average molecular weight is 214 g/mol. The molecule has 0 aliphatic heterocycles. The largest absolute Gasteiger partial charge is 0.326 e. The predicted octanol–water partition coefficient (Wildman–Crippen LogP) is 1.94. The fourth-order valence-corrected chi connectivity index (χ4v) is 1.53. The molecule has 0 aliphatic rings. The molecule has 0 amide bonds. The van der Waals surface area contributed by atoms with Crippen molar-refractivity contribution < 1.29 is 4.79 Å². The van der Waals surface area contributed by atoms with Crippen LogP contribution in [0.4, 0.5) is 0 Å². The number of nitrogens with two attached hydrogens (primary N) is 1. The van der Waals surface area contributed by atoms with Gasteiger partial charge in [0.2, 0.25) is 0 Å². The maximum absolute atomic E-state index is 12.0. The molecule has 2 N–H and O–H groups in total. The molecular weight excluding hydrogens is 200 g/mol. The van der Waals surface area contributed by atoms with E-state index < -0.39 is 0 Å². The molecule has 0 bridgehead atoms. The zero-order valence-electron chi connectivity index (χ0n) is 9.18. The number of nitrogens with zero attached hydrogens (tertiary/aromatic N) is 1. The molecule has 0 saturated carbocycles. The standard InChI is InChI=1S/C13H14N2O/c1-10-2-4-12(5-3-10)13(16)15-7-6-11(8-14)9-15/h2-7,9H,8,14H2,1H3. The van der Waals surface area contributed by atoms with Crippen molar-refractivity contribution in [2.24, 2.45) is 5.73 Å². The van der Waals surface area contributed by atoms with E-state index in [1.807, 2.05) is 37.3 Å². The molecule has 3 nitrogen and oxygen atoms in total. The minimum atomic E-state index is -0.0281. The Hall–Kier alpha value is -1.87. The highest BCUT2D eigenvalue weighted by Crippen LogP contribution is 2.07. The van der Waals surface area contributed by atoms with Gasteiger partial charge >= 0.3 is 0 Å². The van der Waals surface area contributed by atoms with Crippen LogP contribution in [0.1, 0.15) is 21.5 Å². The van der Waals surface area contributed by atoms with E-state index in [-0.39, 0.29) is 5.91 Å². The molecule has 0 fully saturated rings. The minimum Gasteiger partial charge on any atom is -0.326 e. The maximum Gasteiger partial charge on any atom is 0.261 e. The molecule has 0 aliphatic carbocycles. The van der Waals surface area contributed by atoms with Crippen molar-refractivity contribution in [2.45, 2.75) is 13.5 Å². The summed E-state index contributed by atoms with van der Waals surface area (Å²) in [6.45, 7) is 2.45. The quantitative estimate of drug-likeness (QED) is 0.830. The summed E-state index contributed by atoms with van der Waals surface area (Å²) in [5.74, 6) is -0.0281. The van der Waals surface area contributed by atoms with Gasteiger partial charge in [0.05, 0.1) is 0 Å². The molecular formula is C13H14N2O. The fraction of sp³-hybridized carbons (Fsp3) is 0.154. The molecule has 0 atom stereocenters. The van der Waals surface area contributed by atoms with Crippen LogP contribution in [0.5, 0.6) is 0 Å². The summed E-state index contributed by atoms with van der Waals surface area (Å²) in [4.78, 5) is 12.0. The van der Waals surface area contributed by atoms with Crippen LogP contribution < -0.4 is 5.73 Å². The molecule has 2 aromatic rings. The highest BCUT2D eigenvalue weighted by atomic mass is 16.2. The second-order valence-corrected chi connectivity index (χ2v) is 3.80. The van der Waals surface area contributed by atoms with Crippen molar-refractivity contribution in [2.75, 3.05) is 0 Å². The number of rotatable bonds is 2. The molecule has 1 aromatic heterocycles. The second-order valence-electron chi connectivity index (χ2n) is 3.80. The molecule has 16 heavy (non-hydrogen) atoms. The topological polar surface area (TPSA) is 48.0 Å². The van der Waals surface area contributed by atoms with Gasteiger partial charge in [-0.15, -0.1) is 0 Å². The molecule has 0 unspecified atom stereocenters. The van der Waals surface area contributed by atoms with E-state index in [1.54, 1.807) is 17.0 Å². The van der Waals surface area contributed by atoms with E-state index in [0.717, 1.165) is 11.1 Å². The Morgan fingerprint density at radius 1 is 1.25 bits per heavy atom. The fourth-order valence-electron chi connectivity index (χ4n) is 1.53. The molecule has 0 spiro atoms. The maximum atomic E-state index is 12.0. The van der Waals surface area contributed by atoms with Crippen LogP contribution in [-0.2, 0) is 6.54 Å².